The lowest BCUT2D eigenvalue weighted by Gasteiger charge is -2.05. The van der Waals surface area contributed by atoms with Gasteiger partial charge >= 0.3 is 5.97 Å². The third-order valence-corrected chi connectivity index (χ3v) is 5.47. The fourth-order valence-electron chi connectivity index (χ4n) is 2.65. The van der Waals surface area contributed by atoms with E-state index in [-0.39, 0.29) is 24.8 Å². The Balaban J connectivity index is 1.97. The Hall–Kier alpha value is -2.25. The van der Waals surface area contributed by atoms with Crippen LogP contribution in [-0.2, 0) is 27.3 Å². The number of aryl methyl sites for hydroxylation is 1. The van der Waals surface area contributed by atoms with Crippen LogP contribution in [0.4, 0.5) is 0 Å². The smallest absolute Gasteiger partial charge is 0.326 e. The third-order valence-electron chi connectivity index (χ3n) is 3.93. The third kappa shape index (κ3) is 4.93. The fourth-order valence-corrected chi connectivity index (χ4v) is 4.25. The SMILES string of the molecule is CCOC(=O)Cn1c(=NC(=O)Cc2ccc(C)cc2)sc2cc(Br)ccc21. The summed E-state index contributed by atoms with van der Waals surface area (Å²) in [4.78, 5) is 29.3. The van der Waals surface area contributed by atoms with Crippen molar-refractivity contribution >= 4 is 49.4 Å². The van der Waals surface area contributed by atoms with Crippen LogP contribution in [0, 0.1) is 6.92 Å². The van der Waals surface area contributed by atoms with Crippen molar-refractivity contribution in [2.24, 2.45) is 4.99 Å². The molecule has 0 radical (unpaired) electrons. The fraction of sp³-hybridized carbons (Fsp3) is 0.250. The van der Waals surface area contributed by atoms with Crippen LogP contribution >= 0.6 is 27.3 Å². The molecule has 0 bridgehead atoms. The molecule has 0 atom stereocenters. The van der Waals surface area contributed by atoms with Gasteiger partial charge in [-0.25, -0.2) is 0 Å². The first-order chi connectivity index (χ1) is 13.0. The van der Waals surface area contributed by atoms with Gasteiger partial charge in [-0.1, -0.05) is 57.1 Å². The molecule has 0 aliphatic carbocycles. The molecule has 0 aliphatic heterocycles. The topological polar surface area (TPSA) is 60.7 Å². The minimum atomic E-state index is -0.354. The van der Waals surface area contributed by atoms with Crippen molar-refractivity contribution in [2.45, 2.75) is 26.8 Å². The Bertz CT molecular complexity index is 1050. The Morgan fingerprint density at radius 3 is 2.63 bits per heavy atom. The number of hydrogen-bond donors (Lipinski definition) is 0. The molecule has 0 fully saturated rings. The molecule has 0 saturated heterocycles. The van der Waals surface area contributed by atoms with Crippen molar-refractivity contribution in [1.82, 2.24) is 4.57 Å². The predicted octanol–water partition coefficient (Wildman–Crippen LogP) is 4.01. The molecular weight excluding hydrogens is 428 g/mol. The van der Waals surface area contributed by atoms with E-state index in [9.17, 15) is 9.59 Å². The van der Waals surface area contributed by atoms with E-state index in [1.54, 1.807) is 11.5 Å². The van der Waals surface area contributed by atoms with E-state index in [1.165, 1.54) is 11.3 Å². The van der Waals surface area contributed by atoms with Crippen LogP contribution in [0.25, 0.3) is 10.2 Å². The minimum absolute atomic E-state index is 0.0200. The first kappa shape index (κ1) is 19.5. The van der Waals surface area contributed by atoms with Crippen molar-refractivity contribution in [2.75, 3.05) is 6.61 Å². The normalized spacial score (nSPS) is 11.7. The quantitative estimate of drug-likeness (QED) is 0.556. The second-order valence-corrected chi connectivity index (χ2v) is 7.98. The van der Waals surface area contributed by atoms with E-state index in [0.717, 1.165) is 25.8 Å². The van der Waals surface area contributed by atoms with Gasteiger partial charge in [0.15, 0.2) is 4.80 Å². The molecule has 3 rings (SSSR count). The first-order valence-electron chi connectivity index (χ1n) is 8.54. The number of carbonyl (C=O) groups excluding carboxylic acids is 2. The van der Waals surface area contributed by atoms with Crippen molar-refractivity contribution in [3.05, 3.63) is 62.9 Å². The van der Waals surface area contributed by atoms with E-state index < -0.39 is 0 Å². The van der Waals surface area contributed by atoms with Crippen molar-refractivity contribution < 1.29 is 14.3 Å². The molecule has 1 heterocycles. The molecule has 5 nitrogen and oxygen atoms in total. The zero-order valence-corrected chi connectivity index (χ0v) is 17.5. The summed E-state index contributed by atoms with van der Waals surface area (Å²) in [7, 11) is 0. The van der Waals surface area contributed by atoms with E-state index in [1.807, 2.05) is 49.4 Å². The van der Waals surface area contributed by atoms with Gasteiger partial charge in [0.1, 0.15) is 6.54 Å². The molecule has 27 heavy (non-hydrogen) atoms. The molecule has 2 aromatic carbocycles. The second kappa shape index (κ2) is 8.63. The molecule has 0 aliphatic rings. The van der Waals surface area contributed by atoms with Crippen LogP contribution in [0.3, 0.4) is 0 Å². The van der Waals surface area contributed by atoms with Crippen molar-refractivity contribution in [3.8, 4) is 0 Å². The highest BCUT2D eigenvalue weighted by Crippen LogP contribution is 2.22. The van der Waals surface area contributed by atoms with Gasteiger partial charge in [-0.2, -0.15) is 4.99 Å². The maximum absolute atomic E-state index is 12.5. The number of nitrogens with zero attached hydrogens (tertiary/aromatic N) is 2. The van der Waals surface area contributed by atoms with Crippen LogP contribution in [0.5, 0.6) is 0 Å². The number of esters is 1. The lowest BCUT2D eigenvalue weighted by molar-refractivity contribution is -0.143. The number of halogens is 1. The maximum Gasteiger partial charge on any atom is 0.326 e. The van der Waals surface area contributed by atoms with Crippen LogP contribution in [0.2, 0.25) is 0 Å². The predicted molar refractivity (Wildman–Crippen MR) is 110 cm³/mol. The highest BCUT2D eigenvalue weighted by molar-refractivity contribution is 9.10. The number of rotatable bonds is 5. The Morgan fingerprint density at radius 1 is 1.19 bits per heavy atom. The number of benzene rings is 2. The van der Waals surface area contributed by atoms with Gasteiger partial charge in [0.05, 0.1) is 23.2 Å². The lowest BCUT2D eigenvalue weighted by Crippen LogP contribution is -2.23. The van der Waals surface area contributed by atoms with Crippen LogP contribution in [0.1, 0.15) is 18.1 Å². The van der Waals surface area contributed by atoms with Gasteiger partial charge in [0.25, 0.3) is 5.91 Å². The highest BCUT2D eigenvalue weighted by atomic mass is 79.9. The summed E-state index contributed by atoms with van der Waals surface area (Å²) in [5, 5.41) is 0. The zero-order valence-electron chi connectivity index (χ0n) is 15.1. The van der Waals surface area contributed by atoms with Gasteiger partial charge in [0.2, 0.25) is 0 Å². The average Bonchev–Trinajstić information content (AvgIpc) is 2.93. The molecular formula is C20H19BrN2O3S. The molecule has 0 N–H and O–H groups in total. The van der Waals surface area contributed by atoms with Gasteiger partial charge in [-0.05, 0) is 37.6 Å². The summed E-state index contributed by atoms with van der Waals surface area (Å²) in [6.45, 7) is 4.10. The van der Waals surface area contributed by atoms with Gasteiger partial charge in [-0.15, -0.1) is 0 Å². The van der Waals surface area contributed by atoms with E-state index in [0.29, 0.717) is 11.4 Å². The summed E-state index contributed by atoms with van der Waals surface area (Å²) in [5.41, 5.74) is 2.90. The number of aromatic nitrogens is 1. The van der Waals surface area contributed by atoms with Crippen LogP contribution in [-0.4, -0.2) is 23.1 Å². The first-order valence-corrected chi connectivity index (χ1v) is 10.1. The molecule has 0 spiro atoms. The van der Waals surface area contributed by atoms with Gasteiger partial charge < -0.3 is 9.30 Å². The van der Waals surface area contributed by atoms with E-state index in [4.69, 9.17) is 4.74 Å². The maximum atomic E-state index is 12.5. The van der Waals surface area contributed by atoms with Crippen LogP contribution < -0.4 is 4.80 Å². The summed E-state index contributed by atoms with van der Waals surface area (Å²) in [6, 6.07) is 13.5. The van der Waals surface area contributed by atoms with Crippen molar-refractivity contribution in [3.63, 3.8) is 0 Å². The summed E-state index contributed by atoms with van der Waals surface area (Å²) >= 11 is 4.83. The Kier molecular flexibility index (Phi) is 6.23. The molecule has 0 unspecified atom stereocenters. The zero-order chi connectivity index (χ0) is 19.4. The number of amides is 1. The molecule has 1 amide bonds. The van der Waals surface area contributed by atoms with E-state index in [2.05, 4.69) is 20.9 Å². The summed E-state index contributed by atoms with van der Waals surface area (Å²) in [5.74, 6) is -0.602. The number of thiazole rings is 1. The number of carbonyl (C=O) groups is 2. The molecule has 7 heteroatoms. The van der Waals surface area contributed by atoms with Gasteiger partial charge in [0, 0.05) is 4.47 Å². The number of hydrogen-bond acceptors (Lipinski definition) is 4. The number of fused-ring (bicyclic) bond motifs is 1. The Morgan fingerprint density at radius 2 is 1.93 bits per heavy atom. The van der Waals surface area contributed by atoms with Gasteiger partial charge in [-0.3, -0.25) is 9.59 Å². The summed E-state index contributed by atoms with van der Waals surface area (Å²) in [6.07, 6.45) is 0.220. The average molecular weight is 447 g/mol. The lowest BCUT2D eigenvalue weighted by atomic mass is 10.1. The minimum Gasteiger partial charge on any atom is -0.465 e. The Labute approximate surface area is 169 Å². The standard InChI is InChI=1S/C20H19BrN2O3S/c1-3-26-19(25)12-23-16-9-8-15(21)11-17(16)27-20(23)22-18(24)10-14-6-4-13(2)5-7-14/h4-9,11H,3,10,12H2,1-2H3. The molecule has 140 valence electrons. The van der Waals surface area contributed by atoms with E-state index >= 15 is 0 Å². The molecule has 1 aromatic heterocycles. The summed E-state index contributed by atoms with van der Waals surface area (Å²) < 4.78 is 8.67. The number of ether oxygens (including phenoxy) is 1. The molecule has 3 aromatic rings. The molecule has 0 saturated carbocycles. The van der Waals surface area contributed by atoms with Crippen molar-refractivity contribution in [1.29, 1.82) is 0 Å². The second-order valence-electron chi connectivity index (χ2n) is 6.06. The largest absolute Gasteiger partial charge is 0.465 e. The highest BCUT2D eigenvalue weighted by Gasteiger charge is 2.12. The monoisotopic (exact) mass is 446 g/mol. The van der Waals surface area contributed by atoms with Crippen LogP contribution in [0.15, 0.2) is 51.9 Å².